The fourth-order valence-electron chi connectivity index (χ4n) is 6.48. The highest BCUT2D eigenvalue weighted by molar-refractivity contribution is 5.91. The Hall–Kier alpha value is -2.96. The van der Waals surface area contributed by atoms with E-state index in [0.29, 0.717) is 37.2 Å². The molecule has 0 amide bonds. The first kappa shape index (κ1) is 19.7. The van der Waals surface area contributed by atoms with E-state index < -0.39 is 23.1 Å². The lowest BCUT2D eigenvalue weighted by Crippen LogP contribution is -2.76. The van der Waals surface area contributed by atoms with Crippen molar-refractivity contribution in [2.24, 2.45) is 0 Å². The van der Waals surface area contributed by atoms with Crippen molar-refractivity contribution in [1.82, 2.24) is 4.90 Å². The summed E-state index contributed by atoms with van der Waals surface area (Å²) < 4.78 is 11.9. The van der Waals surface area contributed by atoms with Gasteiger partial charge in [-0.05, 0) is 56.1 Å². The van der Waals surface area contributed by atoms with E-state index in [0.717, 1.165) is 23.2 Å². The van der Waals surface area contributed by atoms with Gasteiger partial charge in [-0.1, -0.05) is 36.4 Å². The van der Waals surface area contributed by atoms with E-state index in [2.05, 4.69) is 4.90 Å². The minimum atomic E-state index is -1.04. The van der Waals surface area contributed by atoms with Gasteiger partial charge in [0.25, 0.3) is 0 Å². The lowest BCUT2D eigenvalue weighted by atomic mass is 9.49. The molecule has 3 unspecified atom stereocenters. The second-order valence-corrected chi connectivity index (χ2v) is 9.40. The molecule has 2 bridgehead atoms. The molecule has 2 aliphatic carbocycles. The van der Waals surface area contributed by atoms with Crippen LogP contribution < -0.4 is 9.47 Å². The van der Waals surface area contributed by atoms with E-state index in [1.54, 1.807) is 12.1 Å². The van der Waals surface area contributed by atoms with Crippen molar-refractivity contribution < 1.29 is 24.2 Å². The molecule has 1 N–H and O–H groups in total. The highest BCUT2D eigenvalue weighted by atomic mass is 16.6. The zero-order valence-electron chi connectivity index (χ0n) is 17.9. The fourth-order valence-corrected chi connectivity index (χ4v) is 6.48. The first-order chi connectivity index (χ1) is 15.4. The highest BCUT2D eigenvalue weighted by Gasteiger charge is 2.72. The van der Waals surface area contributed by atoms with Gasteiger partial charge in [0.1, 0.15) is 0 Å². The molecule has 2 aliphatic heterocycles. The fraction of sp³-hybridized carbons (Fsp3) is 0.385. The van der Waals surface area contributed by atoms with Gasteiger partial charge in [-0.25, -0.2) is 4.79 Å². The molecule has 32 heavy (non-hydrogen) atoms. The maximum absolute atomic E-state index is 13.0. The number of likely N-dealkylation sites (tertiary alicyclic amines) is 1. The van der Waals surface area contributed by atoms with Gasteiger partial charge in [0.05, 0.1) is 11.0 Å². The number of Topliss-reactive ketones (excluding diaryl/α,β-unsaturated/α-hetero) is 1. The maximum atomic E-state index is 13.0. The molecule has 6 rings (SSSR count). The van der Waals surface area contributed by atoms with Crippen molar-refractivity contribution in [3.8, 4) is 11.5 Å². The monoisotopic (exact) mass is 431 g/mol. The number of carbonyl (C=O) groups excluding carboxylic acids is 2. The third kappa shape index (κ3) is 2.48. The number of carbonyl (C=O) groups is 2. The highest BCUT2D eigenvalue weighted by Crippen LogP contribution is 2.64. The van der Waals surface area contributed by atoms with Crippen LogP contribution in [0.15, 0.2) is 48.5 Å². The first-order valence-corrected chi connectivity index (χ1v) is 11.2. The van der Waals surface area contributed by atoms with Crippen molar-refractivity contribution in [2.75, 3.05) is 13.6 Å². The number of likely N-dealkylation sites (N-methyl/N-ethyl adjacent to an activating group) is 1. The third-order valence-electron chi connectivity index (χ3n) is 7.93. The Morgan fingerprint density at radius 1 is 1.22 bits per heavy atom. The molecule has 2 aromatic carbocycles. The minimum absolute atomic E-state index is 0.0169. The molecular formula is C26H25NO5. The Labute approximate surface area is 186 Å². The number of piperidine rings is 1. The molecule has 4 aliphatic rings. The minimum Gasteiger partial charge on any atom is -0.477 e. The SMILES string of the molecule is CN1CCC23c4c5ccc(OC(=O)/C=C/c6ccccc6)c4OC2C(=O)CC[C@@]3(O)C1C5. The first-order valence-electron chi connectivity index (χ1n) is 11.2. The standard InChI is InChI=1S/C26H25NO5/c1-27-14-13-25-22-17-8-9-19(31-21(29)10-7-16-5-3-2-4-6-16)23(22)32-24(25)18(28)11-12-26(25,30)20(27)15-17/h2-10,20,24,30H,11-15H2,1H3/b10-7+/t20?,24?,25?,26-/m1/s1. The molecule has 164 valence electrons. The summed E-state index contributed by atoms with van der Waals surface area (Å²) in [6.45, 7) is 0.781. The van der Waals surface area contributed by atoms with Crippen LogP contribution in [0.4, 0.5) is 0 Å². The van der Waals surface area contributed by atoms with Crippen molar-refractivity contribution in [1.29, 1.82) is 0 Å². The summed E-state index contributed by atoms with van der Waals surface area (Å²) in [4.78, 5) is 27.7. The van der Waals surface area contributed by atoms with Gasteiger partial charge in [0.2, 0.25) is 0 Å². The van der Waals surface area contributed by atoms with Crippen LogP contribution in [0.25, 0.3) is 6.08 Å². The van der Waals surface area contributed by atoms with Crippen LogP contribution in [-0.2, 0) is 21.4 Å². The van der Waals surface area contributed by atoms with Crippen molar-refractivity contribution in [3.05, 3.63) is 65.2 Å². The van der Waals surface area contributed by atoms with Crippen LogP contribution in [0, 0.1) is 0 Å². The van der Waals surface area contributed by atoms with Gasteiger partial charge in [-0.3, -0.25) is 4.79 Å². The van der Waals surface area contributed by atoms with Crippen LogP contribution in [0.2, 0.25) is 0 Å². The molecule has 2 fully saturated rings. The van der Waals surface area contributed by atoms with E-state index in [4.69, 9.17) is 9.47 Å². The van der Waals surface area contributed by atoms with Gasteiger partial charge in [0, 0.05) is 24.1 Å². The van der Waals surface area contributed by atoms with Gasteiger partial charge >= 0.3 is 5.97 Å². The lowest BCUT2D eigenvalue weighted by molar-refractivity contribution is -0.185. The Balaban J connectivity index is 1.41. The zero-order valence-corrected chi connectivity index (χ0v) is 17.9. The Bertz CT molecular complexity index is 1160. The topological polar surface area (TPSA) is 76.1 Å². The largest absolute Gasteiger partial charge is 0.477 e. The number of ether oxygens (including phenoxy) is 2. The molecule has 0 radical (unpaired) electrons. The van der Waals surface area contributed by atoms with Crippen molar-refractivity contribution in [3.63, 3.8) is 0 Å². The maximum Gasteiger partial charge on any atom is 0.336 e. The number of nitrogens with zero attached hydrogens (tertiary/aromatic N) is 1. The second kappa shape index (κ2) is 6.77. The second-order valence-electron chi connectivity index (χ2n) is 9.40. The van der Waals surface area contributed by atoms with Crippen LogP contribution in [0.3, 0.4) is 0 Å². The number of hydrogen-bond acceptors (Lipinski definition) is 6. The molecule has 1 spiro atoms. The molecule has 2 aromatic rings. The number of esters is 1. The molecule has 1 saturated carbocycles. The average Bonchev–Trinajstić information content (AvgIpc) is 3.15. The van der Waals surface area contributed by atoms with Crippen LogP contribution >= 0.6 is 0 Å². The van der Waals surface area contributed by atoms with Gasteiger partial charge in [-0.15, -0.1) is 0 Å². The quantitative estimate of drug-likeness (QED) is 0.458. The van der Waals surface area contributed by atoms with E-state index in [9.17, 15) is 14.7 Å². The predicted octanol–water partition coefficient (Wildman–Crippen LogP) is 2.66. The summed E-state index contributed by atoms with van der Waals surface area (Å²) in [5, 5.41) is 12.0. The zero-order chi connectivity index (χ0) is 22.1. The number of rotatable bonds is 3. The lowest BCUT2D eigenvalue weighted by Gasteiger charge is -2.61. The van der Waals surface area contributed by atoms with E-state index in [1.165, 1.54) is 6.08 Å². The predicted molar refractivity (Wildman–Crippen MR) is 118 cm³/mol. The molecule has 2 heterocycles. The normalized spacial score (nSPS) is 32.5. The van der Waals surface area contributed by atoms with E-state index >= 15 is 0 Å². The van der Waals surface area contributed by atoms with E-state index in [1.807, 2.05) is 43.4 Å². The summed E-state index contributed by atoms with van der Waals surface area (Å²) in [5.74, 6) is 0.261. The van der Waals surface area contributed by atoms with E-state index in [-0.39, 0.29) is 11.8 Å². The van der Waals surface area contributed by atoms with Crippen LogP contribution in [0.1, 0.15) is 36.0 Å². The summed E-state index contributed by atoms with van der Waals surface area (Å²) in [7, 11) is 2.04. The Morgan fingerprint density at radius 3 is 2.84 bits per heavy atom. The van der Waals surface area contributed by atoms with Crippen molar-refractivity contribution >= 4 is 17.8 Å². The summed E-state index contributed by atoms with van der Waals surface area (Å²) >= 11 is 0. The molecule has 6 heteroatoms. The third-order valence-corrected chi connectivity index (χ3v) is 7.93. The van der Waals surface area contributed by atoms with Crippen molar-refractivity contribution in [2.45, 2.75) is 48.8 Å². The number of hydrogen-bond donors (Lipinski definition) is 1. The Morgan fingerprint density at radius 2 is 2.03 bits per heavy atom. The smallest absolute Gasteiger partial charge is 0.336 e. The molecule has 1 saturated heterocycles. The van der Waals surface area contributed by atoms with Crippen LogP contribution in [-0.4, -0.2) is 53.1 Å². The van der Waals surface area contributed by atoms with Gasteiger partial charge in [-0.2, -0.15) is 0 Å². The number of benzene rings is 2. The Kier molecular flexibility index (Phi) is 4.17. The average molecular weight is 431 g/mol. The molecule has 4 atom stereocenters. The summed E-state index contributed by atoms with van der Waals surface area (Å²) in [6.07, 6.45) is 4.40. The molecular weight excluding hydrogens is 406 g/mol. The number of aliphatic hydroxyl groups is 1. The van der Waals surface area contributed by atoms with Gasteiger partial charge < -0.3 is 19.5 Å². The molecule has 0 aromatic heterocycles. The van der Waals surface area contributed by atoms with Gasteiger partial charge in [0.15, 0.2) is 23.4 Å². The summed E-state index contributed by atoms with van der Waals surface area (Å²) in [5.41, 5.74) is 1.03. The summed E-state index contributed by atoms with van der Waals surface area (Å²) in [6, 6.07) is 13.2. The molecule has 6 nitrogen and oxygen atoms in total. The van der Waals surface area contributed by atoms with Crippen LogP contribution in [0.5, 0.6) is 11.5 Å². The number of ketones is 1.